The molecule has 0 bridgehead atoms. The highest BCUT2D eigenvalue weighted by Gasteiger charge is 2.12. The largest absolute Gasteiger partial charge is 0.346 e. The molecule has 2 aromatic carbocycles. The molecule has 1 amide bonds. The summed E-state index contributed by atoms with van der Waals surface area (Å²) in [6.45, 7) is 0.383. The van der Waals surface area contributed by atoms with Gasteiger partial charge < -0.3 is 10.3 Å². The summed E-state index contributed by atoms with van der Waals surface area (Å²) in [6, 6.07) is 12.0. The van der Waals surface area contributed by atoms with Gasteiger partial charge in [0.15, 0.2) is 0 Å². The molecule has 4 N–H and O–H groups in total. The molecule has 4 rings (SSSR count). The molecule has 12 nitrogen and oxygen atoms in total. The van der Waals surface area contributed by atoms with Crippen molar-refractivity contribution in [2.75, 3.05) is 0 Å². The number of hydrogen-bond acceptors (Lipinski definition) is 7. The number of hydrogen-bond donors (Lipinski definition) is 3. The van der Waals surface area contributed by atoms with Crippen LogP contribution in [-0.4, -0.2) is 38.9 Å². The minimum absolute atomic E-state index is 0.0757. The van der Waals surface area contributed by atoms with Crippen molar-refractivity contribution in [3.8, 4) is 0 Å². The maximum atomic E-state index is 12.6. The molecule has 0 aliphatic heterocycles. The quantitative estimate of drug-likeness (QED) is 0.329. The number of aromatic nitrogens is 5. The molecule has 0 aliphatic carbocycles. The van der Waals surface area contributed by atoms with Gasteiger partial charge in [0, 0.05) is 5.56 Å². The third-order valence-corrected chi connectivity index (χ3v) is 5.83. The lowest BCUT2D eigenvalue weighted by Crippen LogP contribution is -2.36. The number of aromatic amines is 1. The third kappa shape index (κ3) is 4.88. The van der Waals surface area contributed by atoms with E-state index in [0.717, 1.165) is 4.57 Å². The van der Waals surface area contributed by atoms with Crippen LogP contribution in [0.25, 0.3) is 10.9 Å². The Hall–Kier alpha value is -4.10. The van der Waals surface area contributed by atoms with E-state index in [1.807, 2.05) is 0 Å². The Labute approximate surface area is 186 Å². The Morgan fingerprint density at radius 3 is 2.52 bits per heavy atom. The normalized spacial score (nSPS) is 11.5. The monoisotopic (exact) mass is 469 g/mol. The van der Waals surface area contributed by atoms with Crippen molar-refractivity contribution in [3.63, 3.8) is 0 Å². The van der Waals surface area contributed by atoms with Crippen LogP contribution in [-0.2, 0) is 29.7 Å². The molecule has 33 heavy (non-hydrogen) atoms. The Morgan fingerprint density at radius 1 is 1.06 bits per heavy atom. The minimum atomic E-state index is -3.84. The van der Waals surface area contributed by atoms with Gasteiger partial charge in [-0.25, -0.2) is 18.4 Å². The standard InChI is InChI=1S/C20H19N7O5S/c21-33(31,32)15-7-5-13(6-8-15)18(28)22-11-14-12-26(25-24-14)9-10-27-19(29)16-3-1-2-4-17(16)23-20(27)30/h1-8,12H,9-11H2,(H,22,28)(H,23,30)(H2,21,31,32). The van der Waals surface area contributed by atoms with Gasteiger partial charge in [0.25, 0.3) is 11.5 Å². The summed E-state index contributed by atoms with van der Waals surface area (Å²) in [5.41, 5.74) is 0.283. The van der Waals surface area contributed by atoms with Crippen molar-refractivity contribution in [1.29, 1.82) is 0 Å². The van der Waals surface area contributed by atoms with E-state index in [9.17, 15) is 22.8 Å². The summed E-state index contributed by atoms with van der Waals surface area (Å²) in [5, 5.41) is 16.0. The van der Waals surface area contributed by atoms with Gasteiger partial charge in [0.1, 0.15) is 5.69 Å². The second-order valence-electron chi connectivity index (χ2n) is 7.16. The molecule has 0 atom stereocenters. The van der Waals surface area contributed by atoms with E-state index in [-0.39, 0.29) is 30.1 Å². The highest BCUT2D eigenvalue weighted by molar-refractivity contribution is 7.89. The summed E-state index contributed by atoms with van der Waals surface area (Å²) in [6.07, 6.45) is 1.59. The van der Waals surface area contributed by atoms with Gasteiger partial charge in [-0.3, -0.25) is 18.8 Å². The lowest BCUT2D eigenvalue weighted by molar-refractivity contribution is 0.0950. The molecule has 2 aromatic heterocycles. The van der Waals surface area contributed by atoms with Gasteiger partial charge in [-0.2, -0.15) is 0 Å². The first-order chi connectivity index (χ1) is 15.7. The molecular formula is C20H19N7O5S. The molecular weight excluding hydrogens is 450 g/mol. The van der Waals surface area contributed by atoms with Crippen LogP contribution in [0.15, 0.2) is 69.2 Å². The number of nitrogens with two attached hydrogens (primary N) is 1. The number of primary sulfonamides is 1. The molecule has 0 unspecified atom stereocenters. The van der Waals surface area contributed by atoms with E-state index in [1.54, 1.807) is 30.5 Å². The average Bonchev–Trinajstić information content (AvgIpc) is 3.24. The number of rotatable bonds is 7. The molecule has 4 aromatic rings. The molecule has 0 radical (unpaired) electrons. The van der Waals surface area contributed by atoms with Crippen LogP contribution < -0.4 is 21.7 Å². The van der Waals surface area contributed by atoms with E-state index in [4.69, 9.17) is 5.14 Å². The first kappa shape index (κ1) is 22.1. The zero-order valence-corrected chi connectivity index (χ0v) is 17.9. The van der Waals surface area contributed by atoms with Crippen LogP contribution >= 0.6 is 0 Å². The van der Waals surface area contributed by atoms with Crippen LogP contribution in [0.4, 0.5) is 0 Å². The number of nitrogens with zero attached hydrogens (tertiary/aromatic N) is 4. The minimum Gasteiger partial charge on any atom is -0.346 e. The number of aryl methyl sites for hydroxylation is 1. The number of amides is 1. The number of H-pyrrole nitrogens is 1. The summed E-state index contributed by atoms with van der Waals surface area (Å²) in [7, 11) is -3.84. The maximum absolute atomic E-state index is 12.6. The van der Waals surface area contributed by atoms with Gasteiger partial charge >= 0.3 is 5.69 Å². The number of benzene rings is 2. The van der Waals surface area contributed by atoms with Gasteiger partial charge in [-0.05, 0) is 36.4 Å². The second-order valence-corrected chi connectivity index (χ2v) is 8.72. The summed E-state index contributed by atoms with van der Waals surface area (Å²) in [5.74, 6) is -0.431. The number of fused-ring (bicyclic) bond motifs is 1. The smallest absolute Gasteiger partial charge is 0.328 e. The number of sulfonamides is 1. The fraction of sp³-hybridized carbons (Fsp3) is 0.150. The first-order valence-electron chi connectivity index (χ1n) is 9.74. The van der Waals surface area contributed by atoms with E-state index in [2.05, 4.69) is 20.6 Å². The van der Waals surface area contributed by atoms with Gasteiger partial charge in [-0.15, -0.1) is 5.10 Å². The van der Waals surface area contributed by atoms with Crippen LogP contribution in [0.5, 0.6) is 0 Å². The van der Waals surface area contributed by atoms with Crippen LogP contribution in [0.3, 0.4) is 0 Å². The molecule has 0 spiro atoms. The van der Waals surface area contributed by atoms with Crippen molar-refractivity contribution in [1.82, 2.24) is 29.9 Å². The number of carbonyl (C=O) groups excluding carboxylic acids is 1. The predicted molar refractivity (Wildman–Crippen MR) is 118 cm³/mol. The molecule has 170 valence electrons. The Balaban J connectivity index is 1.38. The Bertz CT molecular complexity index is 1550. The van der Waals surface area contributed by atoms with Gasteiger partial charge in [-0.1, -0.05) is 17.3 Å². The molecule has 0 saturated carbocycles. The van der Waals surface area contributed by atoms with Crippen LogP contribution in [0.2, 0.25) is 0 Å². The average molecular weight is 469 g/mol. The molecule has 0 fully saturated rings. The first-order valence-corrected chi connectivity index (χ1v) is 11.3. The zero-order valence-electron chi connectivity index (χ0n) is 17.1. The zero-order chi connectivity index (χ0) is 23.6. The van der Waals surface area contributed by atoms with Crippen LogP contribution in [0.1, 0.15) is 16.1 Å². The molecule has 0 aliphatic rings. The fourth-order valence-electron chi connectivity index (χ4n) is 3.20. The number of nitrogens with one attached hydrogen (secondary N) is 2. The van der Waals surface area contributed by atoms with Crippen molar-refractivity contribution in [2.45, 2.75) is 24.5 Å². The van der Waals surface area contributed by atoms with Gasteiger partial charge in [0.05, 0.1) is 41.6 Å². The second kappa shape index (κ2) is 8.80. The van der Waals surface area contributed by atoms with Crippen LogP contribution in [0, 0.1) is 0 Å². The van der Waals surface area contributed by atoms with Crippen molar-refractivity contribution in [3.05, 3.63) is 86.8 Å². The Morgan fingerprint density at radius 2 is 1.79 bits per heavy atom. The predicted octanol–water partition coefficient (Wildman–Crippen LogP) is -0.441. The van der Waals surface area contributed by atoms with E-state index < -0.39 is 27.2 Å². The van der Waals surface area contributed by atoms with Gasteiger partial charge in [0.2, 0.25) is 10.0 Å². The SMILES string of the molecule is NS(=O)(=O)c1ccc(C(=O)NCc2cn(CCn3c(=O)[nH]c4ccccc4c3=O)nn2)cc1. The molecule has 13 heteroatoms. The number of carbonyl (C=O) groups is 1. The topological polar surface area (TPSA) is 175 Å². The maximum Gasteiger partial charge on any atom is 0.328 e. The van der Waals surface area contributed by atoms with E-state index >= 15 is 0 Å². The third-order valence-electron chi connectivity index (χ3n) is 4.90. The highest BCUT2D eigenvalue weighted by Crippen LogP contribution is 2.09. The van der Waals surface area contributed by atoms with Crippen molar-refractivity contribution >= 4 is 26.8 Å². The lowest BCUT2D eigenvalue weighted by atomic mass is 10.2. The Kier molecular flexibility index (Phi) is 5.89. The summed E-state index contributed by atoms with van der Waals surface area (Å²) >= 11 is 0. The summed E-state index contributed by atoms with van der Waals surface area (Å²) in [4.78, 5) is 39.7. The fourth-order valence-corrected chi connectivity index (χ4v) is 3.72. The van der Waals surface area contributed by atoms with Crippen molar-refractivity contribution in [2.24, 2.45) is 5.14 Å². The van der Waals surface area contributed by atoms with Crippen molar-refractivity contribution < 1.29 is 13.2 Å². The lowest BCUT2D eigenvalue weighted by Gasteiger charge is -2.06. The molecule has 0 saturated heterocycles. The number of para-hydroxylation sites is 1. The summed E-state index contributed by atoms with van der Waals surface area (Å²) < 4.78 is 25.1. The van der Waals surface area contributed by atoms with E-state index in [1.165, 1.54) is 28.9 Å². The highest BCUT2D eigenvalue weighted by atomic mass is 32.2. The van der Waals surface area contributed by atoms with E-state index in [0.29, 0.717) is 16.6 Å². The molecule has 2 heterocycles.